The maximum Gasteiger partial charge on any atom is 0.241 e. The molecule has 0 bridgehead atoms. The van der Waals surface area contributed by atoms with Gasteiger partial charge in [-0.1, -0.05) is 46.5 Å². The first-order valence-corrected chi connectivity index (χ1v) is 9.24. The first-order chi connectivity index (χ1) is 11.1. The molecular formula is C18H36N2O3. The average Bonchev–Trinajstić information content (AvgIpc) is 2.57. The summed E-state index contributed by atoms with van der Waals surface area (Å²) in [5, 5.41) is 11.8. The van der Waals surface area contributed by atoms with Gasteiger partial charge in [0.2, 0.25) is 11.8 Å². The van der Waals surface area contributed by atoms with Crippen LogP contribution in [0.25, 0.3) is 0 Å². The SMILES string of the molecule is CCC.CCCCCCC(=O)NCC(=O)N1CCC(CO)CC1. The zero-order valence-corrected chi connectivity index (χ0v) is 15.3. The van der Waals surface area contributed by atoms with Gasteiger partial charge in [0, 0.05) is 26.1 Å². The largest absolute Gasteiger partial charge is 0.396 e. The van der Waals surface area contributed by atoms with Gasteiger partial charge in [0.05, 0.1) is 6.54 Å². The third-order valence-electron chi connectivity index (χ3n) is 3.92. The summed E-state index contributed by atoms with van der Waals surface area (Å²) in [5.74, 6) is 0.287. The molecule has 23 heavy (non-hydrogen) atoms. The molecule has 0 atom stereocenters. The lowest BCUT2D eigenvalue weighted by atomic mass is 9.98. The number of hydrogen-bond donors (Lipinski definition) is 2. The minimum absolute atomic E-state index is 0.0108. The predicted molar refractivity (Wildman–Crippen MR) is 94.1 cm³/mol. The molecule has 1 aliphatic heterocycles. The summed E-state index contributed by atoms with van der Waals surface area (Å²) in [5.41, 5.74) is 0. The number of carbonyl (C=O) groups is 2. The van der Waals surface area contributed by atoms with Crippen molar-refractivity contribution in [3.05, 3.63) is 0 Å². The van der Waals surface area contributed by atoms with E-state index in [9.17, 15) is 9.59 Å². The standard InChI is InChI=1S/C15H28N2O3.C3H8/c1-2-3-4-5-6-14(19)16-11-15(20)17-9-7-13(12-18)8-10-17;1-3-2/h13,18H,2-12H2,1H3,(H,16,19);3H2,1-2H3. The molecule has 0 radical (unpaired) electrons. The monoisotopic (exact) mass is 328 g/mol. The second-order valence-electron chi connectivity index (χ2n) is 6.30. The number of amides is 2. The van der Waals surface area contributed by atoms with Gasteiger partial charge >= 0.3 is 0 Å². The molecule has 1 fully saturated rings. The van der Waals surface area contributed by atoms with Crippen molar-refractivity contribution < 1.29 is 14.7 Å². The molecule has 0 aromatic carbocycles. The number of rotatable bonds is 8. The summed E-state index contributed by atoms with van der Waals surface area (Å²) in [6.07, 6.45) is 7.76. The van der Waals surface area contributed by atoms with E-state index in [1.54, 1.807) is 4.90 Å². The summed E-state index contributed by atoms with van der Waals surface area (Å²) in [6.45, 7) is 8.08. The smallest absolute Gasteiger partial charge is 0.241 e. The zero-order valence-electron chi connectivity index (χ0n) is 15.3. The highest BCUT2D eigenvalue weighted by atomic mass is 16.3. The first-order valence-electron chi connectivity index (χ1n) is 9.24. The molecule has 136 valence electrons. The highest BCUT2D eigenvalue weighted by Gasteiger charge is 2.22. The van der Waals surface area contributed by atoms with Gasteiger partial charge in [0.1, 0.15) is 0 Å². The van der Waals surface area contributed by atoms with Crippen LogP contribution in [0.3, 0.4) is 0 Å². The quantitative estimate of drug-likeness (QED) is 0.673. The van der Waals surface area contributed by atoms with Crippen LogP contribution in [0.1, 0.15) is 72.1 Å². The van der Waals surface area contributed by atoms with Crippen molar-refractivity contribution in [3.63, 3.8) is 0 Å². The Morgan fingerprint density at radius 1 is 1.09 bits per heavy atom. The molecule has 1 aliphatic rings. The molecule has 5 heteroatoms. The van der Waals surface area contributed by atoms with Gasteiger partial charge in [-0.2, -0.15) is 0 Å². The third-order valence-corrected chi connectivity index (χ3v) is 3.92. The number of carbonyl (C=O) groups excluding carboxylic acids is 2. The lowest BCUT2D eigenvalue weighted by Crippen LogP contribution is -2.44. The lowest BCUT2D eigenvalue weighted by Gasteiger charge is -2.31. The van der Waals surface area contributed by atoms with E-state index in [0.29, 0.717) is 25.4 Å². The maximum atomic E-state index is 11.9. The van der Waals surface area contributed by atoms with Crippen molar-refractivity contribution in [2.24, 2.45) is 5.92 Å². The predicted octanol–water partition coefficient (Wildman–Crippen LogP) is 2.72. The molecule has 1 saturated heterocycles. The van der Waals surface area contributed by atoms with Gasteiger partial charge in [-0.3, -0.25) is 9.59 Å². The molecule has 0 aromatic heterocycles. The number of hydrogen-bond acceptors (Lipinski definition) is 3. The second kappa shape index (κ2) is 14.5. The molecular weight excluding hydrogens is 292 g/mol. The number of nitrogens with one attached hydrogen (secondary N) is 1. The Morgan fingerprint density at radius 3 is 2.22 bits per heavy atom. The molecule has 1 rings (SSSR count). The summed E-state index contributed by atoms with van der Waals surface area (Å²) < 4.78 is 0. The first kappa shape index (κ1) is 21.9. The van der Waals surface area contributed by atoms with Crippen molar-refractivity contribution in [1.29, 1.82) is 0 Å². The Labute approximate surface area is 141 Å². The van der Waals surface area contributed by atoms with E-state index in [2.05, 4.69) is 26.1 Å². The highest BCUT2D eigenvalue weighted by Crippen LogP contribution is 2.16. The fourth-order valence-electron chi connectivity index (χ4n) is 2.45. The molecule has 1 heterocycles. The van der Waals surface area contributed by atoms with Crippen LogP contribution in [0.5, 0.6) is 0 Å². The van der Waals surface area contributed by atoms with Crippen LogP contribution in [0.2, 0.25) is 0 Å². The minimum Gasteiger partial charge on any atom is -0.396 e. The number of nitrogens with zero attached hydrogens (tertiary/aromatic N) is 1. The van der Waals surface area contributed by atoms with E-state index >= 15 is 0 Å². The Bertz CT molecular complexity index is 313. The number of likely N-dealkylation sites (tertiary alicyclic amines) is 1. The second-order valence-corrected chi connectivity index (χ2v) is 6.30. The number of aliphatic hydroxyl groups excluding tert-OH is 1. The van der Waals surface area contributed by atoms with Gasteiger partial charge in [0.15, 0.2) is 0 Å². The molecule has 2 amide bonds. The van der Waals surface area contributed by atoms with Gasteiger partial charge in [-0.25, -0.2) is 0 Å². The molecule has 0 saturated carbocycles. The summed E-state index contributed by atoms with van der Waals surface area (Å²) in [6, 6.07) is 0. The lowest BCUT2D eigenvalue weighted by molar-refractivity contribution is -0.134. The van der Waals surface area contributed by atoms with Crippen LogP contribution in [-0.4, -0.2) is 48.1 Å². The molecule has 0 aromatic rings. The number of unbranched alkanes of at least 4 members (excludes halogenated alkanes) is 3. The van der Waals surface area contributed by atoms with Crippen LogP contribution in [0, 0.1) is 5.92 Å². The zero-order chi connectivity index (χ0) is 17.5. The van der Waals surface area contributed by atoms with Crippen molar-refractivity contribution in [2.45, 2.75) is 72.1 Å². The van der Waals surface area contributed by atoms with Gasteiger partial charge in [-0.05, 0) is 25.2 Å². The molecule has 5 nitrogen and oxygen atoms in total. The number of piperidine rings is 1. The Kier molecular flexibility index (Phi) is 13.8. The van der Waals surface area contributed by atoms with Crippen LogP contribution in [0.15, 0.2) is 0 Å². The van der Waals surface area contributed by atoms with E-state index in [1.807, 2.05) is 0 Å². The van der Waals surface area contributed by atoms with Crippen molar-refractivity contribution in [2.75, 3.05) is 26.2 Å². The Morgan fingerprint density at radius 2 is 1.70 bits per heavy atom. The number of aliphatic hydroxyl groups is 1. The topological polar surface area (TPSA) is 69.6 Å². The third kappa shape index (κ3) is 11.1. The molecule has 0 spiro atoms. The van der Waals surface area contributed by atoms with Crippen molar-refractivity contribution >= 4 is 11.8 Å². The van der Waals surface area contributed by atoms with Gasteiger partial charge in [0.25, 0.3) is 0 Å². The van der Waals surface area contributed by atoms with Crippen LogP contribution in [-0.2, 0) is 9.59 Å². The van der Waals surface area contributed by atoms with E-state index in [1.165, 1.54) is 6.42 Å². The van der Waals surface area contributed by atoms with Crippen LogP contribution < -0.4 is 5.32 Å². The van der Waals surface area contributed by atoms with E-state index < -0.39 is 0 Å². The Balaban J connectivity index is 0.00000149. The van der Waals surface area contributed by atoms with E-state index in [-0.39, 0.29) is 25.0 Å². The van der Waals surface area contributed by atoms with Crippen LogP contribution >= 0.6 is 0 Å². The Hall–Kier alpha value is -1.10. The normalized spacial score (nSPS) is 14.9. The van der Waals surface area contributed by atoms with Crippen molar-refractivity contribution in [1.82, 2.24) is 10.2 Å². The molecule has 0 unspecified atom stereocenters. The molecule has 0 aliphatic carbocycles. The van der Waals surface area contributed by atoms with Gasteiger partial charge in [-0.15, -0.1) is 0 Å². The van der Waals surface area contributed by atoms with Gasteiger partial charge < -0.3 is 15.3 Å². The molecule has 2 N–H and O–H groups in total. The van der Waals surface area contributed by atoms with E-state index in [0.717, 1.165) is 38.5 Å². The summed E-state index contributed by atoms with van der Waals surface area (Å²) >= 11 is 0. The van der Waals surface area contributed by atoms with Crippen LogP contribution in [0.4, 0.5) is 0 Å². The maximum absolute atomic E-state index is 11.9. The summed E-state index contributed by atoms with van der Waals surface area (Å²) in [4.78, 5) is 25.3. The average molecular weight is 328 g/mol. The van der Waals surface area contributed by atoms with E-state index in [4.69, 9.17) is 5.11 Å². The van der Waals surface area contributed by atoms with Crippen molar-refractivity contribution in [3.8, 4) is 0 Å². The summed E-state index contributed by atoms with van der Waals surface area (Å²) in [7, 11) is 0. The fourth-order valence-corrected chi connectivity index (χ4v) is 2.45. The fraction of sp³-hybridized carbons (Fsp3) is 0.889. The minimum atomic E-state index is -0.0281. The highest BCUT2D eigenvalue weighted by molar-refractivity contribution is 5.84.